The molecule has 0 spiro atoms. The van der Waals surface area contributed by atoms with E-state index in [1.165, 1.54) is 0 Å². The summed E-state index contributed by atoms with van der Waals surface area (Å²) in [7, 11) is 0. The van der Waals surface area contributed by atoms with Gasteiger partial charge in [0, 0.05) is 25.4 Å². The minimum atomic E-state index is -0.303. The van der Waals surface area contributed by atoms with E-state index in [0.717, 1.165) is 17.4 Å². The first-order valence-electron chi connectivity index (χ1n) is 7.64. The molecule has 1 aliphatic heterocycles. The summed E-state index contributed by atoms with van der Waals surface area (Å²) in [5.41, 5.74) is 0.492. The van der Waals surface area contributed by atoms with Crippen molar-refractivity contribution in [3.63, 3.8) is 0 Å². The third-order valence-electron chi connectivity index (χ3n) is 4.51. The smallest absolute Gasteiger partial charge is 0.238 e. The molecule has 23 heavy (non-hydrogen) atoms. The second-order valence-corrected chi connectivity index (χ2v) is 6.32. The molecule has 0 saturated carbocycles. The van der Waals surface area contributed by atoms with Crippen molar-refractivity contribution < 1.29 is 13.7 Å². The van der Waals surface area contributed by atoms with Gasteiger partial charge in [-0.05, 0) is 25.5 Å². The van der Waals surface area contributed by atoms with Crippen LogP contribution in [0.3, 0.4) is 0 Å². The van der Waals surface area contributed by atoms with E-state index in [1.54, 1.807) is 6.92 Å². The van der Waals surface area contributed by atoms with E-state index in [0.29, 0.717) is 30.6 Å². The minimum absolute atomic E-state index is 0.0748. The Bertz CT molecular complexity index is 849. The van der Waals surface area contributed by atoms with Gasteiger partial charge in [0.1, 0.15) is 5.58 Å². The second-order valence-electron chi connectivity index (χ2n) is 6.32. The molecule has 118 valence electrons. The number of hydrogen-bond donors (Lipinski definition) is 0. The fourth-order valence-corrected chi connectivity index (χ4v) is 3.07. The Labute approximate surface area is 133 Å². The van der Waals surface area contributed by atoms with Crippen LogP contribution >= 0.6 is 0 Å². The quantitative estimate of drug-likeness (QED) is 0.727. The number of carbonyl (C=O) groups excluding carboxylic acids is 1. The summed E-state index contributed by atoms with van der Waals surface area (Å²) in [6.07, 6.45) is 0.814. The van der Waals surface area contributed by atoms with Crippen LogP contribution in [0.15, 0.2) is 39.3 Å². The van der Waals surface area contributed by atoms with Crippen molar-refractivity contribution in [3.05, 3.63) is 36.2 Å². The van der Waals surface area contributed by atoms with Crippen LogP contribution in [-0.2, 0) is 10.2 Å². The van der Waals surface area contributed by atoms with E-state index in [2.05, 4.69) is 10.1 Å². The third-order valence-corrected chi connectivity index (χ3v) is 4.51. The van der Waals surface area contributed by atoms with Crippen molar-refractivity contribution >= 4 is 16.9 Å². The second kappa shape index (κ2) is 4.94. The molecule has 6 nitrogen and oxygen atoms in total. The summed E-state index contributed by atoms with van der Waals surface area (Å²) < 4.78 is 11.2. The summed E-state index contributed by atoms with van der Waals surface area (Å²) in [6, 6.07) is 9.67. The normalized spacial score (nSPS) is 21.2. The Morgan fingerprint density at radius 1 is 1.35 bits per heavy atom. The molecule has 1 atom stereocenters. The van der Waals surface area contributed by atoms with Gasteiger partial charge in [-0.3, -0.25) is 4.79 Å². The molecule has 0 radical (unpaired) electrons. The monoisotopic (exact) mass is 311 g/mol. The molecule has 3 heterocycles. The van der Waals surface area contributed by atoms with Gasteiger partial charge in [-0.25, -0.2) is 0 Å². The number of fused-ring (bicyclic) bond motifs is 1. The van der Waals surface area contributed by atoms with Crippen molar-refractivity contribution in [1.82, 2.24) is 15.0 Å². The fraction of sp³-hybridized carbons (Fsp3) is 0.353. The van der Waals surface area contributed by atoms with Gasteiger partial charge in [0.05, 0.1) is 5.41 Å². The van der Waals surface area contributed by atoms with Gasteiger partial charge >= 0.3 is 0 Å². The van der Waals surface area contributed by atoms with Gasteiger partial charge < -0.3 is 13.8 Å². The summed E-state index contributed by atoms with van der Waals surface area (Å²) in [5, 5.41) is 5.06. The molecule has 2 aromatic heterocycles. The summed E-state index contributed by atoms with van der Waals surface area (Å²) in [6.45, 7) is 4.95. The summed E-state index contributed by atoms with van der Waals surface area (Å²) >= 11 is 0. The van der Waals surface area contributed by atoms with Crippen LogP contribution in [0.1, 0.15) is 26.2 Å². The van der Waals surface area contributed by atoms with E-state index >= 15 is 0 Å². The molecule has 6 heteroatoms. The maximum Gasteiger partial charge on any atom is 0.238 e. The standard InChI is InChI=1S/C17H17N3O3/c1-11(21)20-8-7-17(2,10-20)16-18-15(19-23-16)14-9-12-5-3-4-6-13(12)22-14/h3-6,9H,7-8,10H2,1-2H3. The van der Waals surface area contributed by atoms with Crippen molar-refractivity contribution in [1.29, 1.82) is 0 Å². The van der Waals surface area contributed by atoms with Gasteiger partial charge in [-0.15, -0.1) is 0 Å². The number of likely N-dealkylation sites (tertiary alicyclic amines) is 1. The first-order valence-corrected chi connectivity index (χ1v) is 7.64. The molecule has 1 saturated heterocycles. The van der Waals surface area contributed by atoms with Gasteiger partial charge in [0.25, 0.3) is 0 Å². The molecule has 0 aliphatic carbocycles. The lowest BCUT2D eigenvalue weighted by molar-refractivity contribution is -0.128. The lowest BCUT2D eigenvalue weighted by atomic mass is 9.90. The number of hydrogen-bond acceptors (Lipinski definition) is 5. The molecule has 3 aromatic rings. The fourth-order valence-electron chi connectivity index (χ4n) is 3.07. The minimum Gasteiger partial charge on any atom is -0.453 e. The highest BCUT2D eigenvalue weighted by molar-refractivity contribution is 5.81. The highest BCUT2D eigenvalue weighted by Gasteiger charge is 2.41. The van der Waals surface area contributed by atoms with Gasteiger partial charge in [0.2, 0.25) is 17.6 Å². The highest BCUT2D eigenvalue weighted by Crippen LogP contribution is 2.34. The summed E-state index contributed by atoms with van der Waals surface area (Å²) in [5.74, 6) is 1.66. The van der Waals surface area contributed by atoms with Crippen molar-refractivity contribution in [2.24, 2.45) is 0 Å². The van der Waals surface area contributed by atoms with Crippen LogP contribution in [0.5, 0.6) is 0 Å². The lowest BCUT2D eigenvalue weighted by Gasteiger charge is -2.19. The zero-order chi connectivity index (χ0) is 16.0. The van der Waals surface area contributed by atoms with Crippen molar-refractivity contribution in [2.45, 2.75) is 25.7 Å². The van der Waals surface area contributed by atoms with Gasteiger partial charge in [-0.2, -0.15) is 4.98 Å². The number of benzene rings is 1. The zero-order valence-corrected chi connectivity index (χ0v) is 13.1. The highest BCUT2D eigenvalue weighted by atomic mass is 16.5. The van der Waals surface area contributed by atoms with E-state index < -0.39 is 0 Å². The average Bonchev–Trinajstić information content (AvgIpc) is 3.24. The first kappa shape index (κ1) is 14.0. The van der Waals surface area contributed by atoms with E-state index in [1.807, 2.05) is 42.2 Å². The molecule has 4 rings (SSSR count). The van der Waals surface area contributed by atoms with Crippen LogP contribution in [0.2, 0.25) is 0 Å². The predicted molar refractivity (Wildman–Crippen MR) is 83.7 cm³/mol. The first-order chi connectivity index (χ1) is 11.0. The molecule has 0 N–H and O–H groups in total. The van der Waals surface area contributed by atoms with Crippen LogP contribution in [0.25, 0.3) is 22.6 Å². The van der Waals surface area contributed by atoms with Crippen LogP contribution in [0.4, 0.5) is 0 Å². The number of furan rings is 1. The Balaban J connectivity index is 1.65. The SMILES string of the molecule is CC(=O)N1CCC(C)(c2nc(-c3cc4ccccc4o3)no2)C1. The number of nitrogens with zero attached hydrogens (tertiary/aromatic N) is 3. The maximum absolute atomic E-state index is 11.5. The van der Waals surface area contributed by atoms with E-state index in [9.17, 15) is 4.79 Å². The molecule has 1 aliphatic rings. The Hall–Kier alpha value is -2.63. The number of amides is 1. The Morgan fingerprint density at radius 2 is 2.17 bits per heavy atom. The van der Waals surface area contributed by atoms with Crippen molar-refractivity contribution in [3.8, 4) is 11.6 Å². The van der Waals surface area contributed by atoms with Crippen LogP contribution in [0, 0.1) is 0 Å². The van der Waals surface area contributed by atoms with E-state index in [-0.39, 0.29) is 11.3 Å². The third kappa shape index (κ3) is 2.30. The molecule has 1 unspecified atom stereocenters. The van der Waals surface area contributed by atoms with Crippen molar-refractivity contribution in [2.75, 3.05) is 13.1 Å². The van der Waals surface area contributed by atoms with Crippen LogP contribution < -0.4 is 0 Å². The number of rotatable bonds is 2. The number of carbonyl (C=O) groups is 1. The molecular weight excluding hydrogens is 294 g/mol. The lowest BCUT2D eigenvalue weighted by Crippen LogP contribution is -2.31. The number of para-hydroxylation sites is 1. The molecule has 1 fully saturated rings. The Kier molecular flexibility index (Phi) is 3.01. The molecule has 1 aromatic carbocycles. The van der Waals surface area contributed by atoms with Crippen LogP contribution in [-0.4, -0.2) is 34.0 Å². The zero-order valence-electron chi connectivity index (χ0n) is 13.1. The Morgan fingerprint density at radius 3 is 2.91 bits per heavy atom. The largest absolute Gasteiger partial charge is 0.453 e. The summed E-state index contributed by atoms with van der Waals surface area (Å²) in [4.78, 5) is 17.9. The average molecular weight is 311 g/mol. The maximum atomic E-state index is 11.5. The van der Waals surface area contributed by atoms with Gasteiger partial charge in [-0.1, -0.05) is 23.4 Å². The molecule has 1 amide bonds. The number of aromatic nitrogens is 2. The topological polar surface area (TPSA) is 72.4 Å². The molecule has 0 bridgehead atoms. The predicted octanol–water partition coefficient (Wildman–Crippen LogP) is 2.99. The van der Waals surface area contributed by atoms with E-state index in [4.69, 9.17) is 8.94 Å². The van der Waals surface area contributed by atoms with Gasteiger partial charge in [0.15, 0.2) is 5.76 Å². The molecular formula is C17H17N3O3.